The molecule has 1 aromatic rings. The Bertz CT molecular complexity index is 543. The number of thioether (sulfide) groups is 1. The molecular formula is C17H25N3O2S. The van der Waals surface area contributed by atoms with Crippen LogP contribution in [0.2, 0.25) is 0 Å². The van der Waals surface area contributed by atoms with Gasteiger partial charge in [0.2, 0.25) is 11.8 Å². The summed E-state index contributed by atoms with van der Waals surface area (Å²) in [6, 6.07) is 7.54. The fraction of sp³-hybridized carbons (Fsp3) is 0.529. The molecule has 1 atom stereocenters. The lowest BCUT2D eigenvalue weighted by Crippen LogP contribution is -2.36. The fourth-order valence-electron chi connectivity index (χ4n) is 2.38. The summed E-state index contributed by atoms with van der Waals surface area (Å²) in [5.41, 5.74) is 7.65. The van der Waals surface area contributed by atoms with E-state index in [9.17, 15) is 9.59 Å². The van der Waals surface area contributed by atoms with E-state index in [0.717, 1.165) is 29.8 Å². The highest BCUT2D eigenvalue weighted by Crippen LogP contribution is 2.28. The van der Waals surface area contributed by atoms with Crippen LogP contribution in [0.25, 0.3) is 0 Å². The molecule has 3 N–H and O–H groups in total. The first-order valence-corrected chi connectivity index (χ1v) is 9.32. The summed E-state index contributed by atoms with van der Waals surface area (Å²) in [6.07, 6.45) is 4.86. The first-order chi connectivity index (χ1) is 11.0. The van der Waals surface area contributed by atoms with E-state index in [1.54, 1.807) is 18.7 Å². The quantitative estimate of drug-likeness (QED) is 0.764. The van der Waals surface area contributed by atoms with Gasteiger partial charge < -0.3 is 16.0 Å². The number of nitrogens with one attached hydrogen (secondary N) is 1. The van der Waals surface area contributed by atoms with Crippen molar-refractivity contribution in [2.45, 2.75) is 44.8 Å². The highest BCUT2D eigenvalue weighted by Gasteiger charge is 2.30. The van der Waals surface area contributed by atoms with Crippen molar-refractivity contribution in [1.29, 1.82) is 0 Å². The number of carbonyl (C=O) groups is 2. The normalized spacial score (nSPS) is 15.1. The van der Waals surface area contributed by atoms with Crippen molar-refractivity contribution >= 4 is 29.3 Å². The van der Waals surface area contributed by atoms with Gasteiger partial charge in [-0.1, -0.05) is 12.1 Å². The number of benzene rings is 1. The topological polar surface area (TPSA) is 75.4 Å². The third-order valence-corrected chi connectivity index (χ3v) is 4.58. The molecule has 0 radical (unpaired) electrons. The Balaban J connectivity index is 1.88. The molecule has 1 fully saturated rings. The first-order valence-electron chi connectivity index (χ1n) is 7.92. The van der Waals surface area contributed by atoms with Crippen molar-refractivity contribution in [2.24, 2.45) is 5.73 Å². The third-order valence-electron chi connectivity index (χ3n) is 3.94. The standard InChI is InChI=1S/C17H25N3O2S/c1-12(21)20(15-7-8-15)11-13-3-5-14(6-4-13)19-17(22)16(18)9-10-23-2/h3-6,15-16H,7-11,18H2,1-2H3,(H,19,22)/t16-/m0/s1. The first kappa shape index (κ1) is 17.8. The molecule has 0 saturated heterocycles. The molecule has 0 spiro atoms. The molecule has 0 bridgehead atoms. The van der Waals surface area contributed by atoms with E-state index in [1.165, 1.54) is 0 Å². The van der Waals surface area contributed by atoms with Crippen LogP contribution in [0.3, 0.4) is 0 Å². The molecule has 5 nitrogen and oxygen atoms in total. The lowest BCUT2D eigenvalue weighted by atomic mass is 10.1. The van der Waals surface area contributed by atoms with Crippen LogP contribution < -0.4 is 11.1 Å². The van der Waals surface area contributed by atoms with E-state index in [0.29, 0.717) is 19.0 Å². The molecule has 0 aliphatic heterocycles. The second-order valence-corrected chi connectivity index (χ2v) is 6.94. The number of nitrogens with two attached hydrogens (primary N) is 1. The predicted molar refractivity (Wildman–Crippen MR) is 95.3 cm³/mol. The lowest BCUT2D eigenvalue weighted by Gasteiger charge is -2.20. The minimum atomic E-state index is -0.481. The van der Waals surface area contributed by atoms with Crippen molar-refractivity contribution in [3.63, 3.8) is 0 Å². The summed E-state index contributed by atoms with van der Waals surface area (Å²) < 4.78 is 0. The zero-order valence-electron chi connectivity index (χ0n) is 13.7. The molecule has 1 aromatic carbocycles. The number of amides is 2. The highest BCUT2D eigenvalue weighted by atomic mass is 32.2. The molecule has 2 amide bonds. The van der Waals surface area contributed by atoms with E-state index in [1.807, 2.05) is 35.4 Å². The van der Waals surface area contributed by atoms with Gasteiger partial charge in [-0.2, -0.15) is 11.8 Å². The minimum Gasteiger partial charge on any atom is -0.336 e. The van der Waals surface area contributed by atoms with Gasteiger partial charge in [0.05, 0.1) is 6.04 Å². The van der Waals surface area contributed by atoms with Gasteiger partial charge >= 0.3 is 0 Å². The second kappa shape index (κ2) is 8.36. The number of hydrogen-bond acceptors (Lipinski definition) is 4. The molecule has 0 heterocycles. The number of carbonyl (C=O) groups excluding carboxylic acids is 2. The summed E-state index contributed by atoms with van der Waals surface area (Å²) in [5.74, 6) is 0.829. The molecule has 0 aromatic heterocycles. The summed E-state index contributed by atoms with van der Waals surface area (Å²) >= 11 is 1.68. The van der Waals surface area contributed by atoms with Gasteiger partial charge in [-0.3, -0.25) is 9.59 Å². The Morgan fingerprint density at radius 3 is 2.52 bits per heavy atom. The smallest absolute Gasteiger partial charge is 0.241 e. The summed E-state index contributed by atoms with van der Waals surface area (Å²) in [4.78, 5) is 25.5. The molecule has 2 rings (SSSR count). The maximum absolute atomic E-state index is 12.0. The van der Waals surface area contributed by atoms with Gasteiger partial charge in [-0.25, -0.2) is 0 Å². The molecule has 1 aliphatic carbocycles. The Labute approximate surface area is 142 Å². The minimum absolute atomic E-state index is 0.115. The van der Waals surface area contributed by atoms with Crippen LogP contribution in [0, 0.1) is 0 Å². The number of rotatable bonds is 8. The predicted octanol–water partition coefficient (Wildman–Crippen LogP) is 2.22. The van der Waals surface area contributed by atoms with Gasteiger partial charge in [-0.15, -0.1) is 0 Å². The van der Waals surface area contributed by atoms with Gasteiger partial charge in [0.25, 0.3) is 0 Å². The van der Waals surface area contributed by atoms with E-state index in [2.05, 4.69) is 5.32 Å². The maximum atomic E-state index is 12.0. The van der Waals surface area contributed by atoms with E-state index >= 15 is 0 Å². The van der Waals surface area contributed by atoms with Crippen LogP contribution in [0.5, 0.6) is 0 Å². The van der Waals surface area contributed by atoms with Crippen LogP contribution in [0.15, 0.2) is 24.3 Å². The molecular weight excluding hydrogens is 310 g/mol. The Kier molecular flexibility index (Phi) is 6.47. The number of hydrogen-bond donors (Lipinski definition) is 2. The van der Waals surface area contributed by atoms with Gasteiger partial charge in [0.15, 0.2) is 0 Å². The van der Waals surface area contributed by atoms with Crippen molar-refractivity contribution in [1.82, 2.24) is 4.90 Å². The average Bonchev–Trinajstić information content (AvgIpc) is 3.36. The molecule has 1 aliphatic rings. The summed E-state index contributed by atoms with van der Waals surface area (Å²) in [5, 5.41) is 2.84. The van der Waals surface area contributed by atoms with Gasteiger partial charge in [0.1, 0.15) is 0 Å². The second-order valence-electron chi connectivity index (χ2n) is 5.95. The zero-order valence-corrected chi connectivity index (χ0v) is 14.6. The SMILES string of the molecule is CSCC[C@H](N)C(=O)Nc1ccc(CN(C(C)=O)C2CC2)cc1. The fourth-order valence-corrected chi connectivity index (χ4v) is 2.87. The number of nitrogens with zero attached hydrogens (tertiary/aromatic N) is 1. The monoisotopic (exact) mass is 335 g/mol. The van der Waals surface area contributed by atoms with Crippen LogP contribution in [0.4, 0.5) is 5.69 Å². The zero-order chi connectivity index (χ0) is 16.8. The van der Waals surface area contributed by atoms with Crippen LogP contribution in [0.1, 0.15) is 31.7 Å². The van der Waals surface area contributed by atoms with Crippen molar-refractivity contribution < 1.29 is 9.59 Å². The molecule has 23 heavy (non-hydrogen) atoms. The maximum Gasteiger partial charge on any atom is 0.241 e. The Hall–Kier alpha value is -1.53. The third kappa shape index (κ3) is 5.55. The van der Waals surface area contributed by atoms with Crippen molar-refractivity contribution in [3.05, 3.63) is 29.8 Å². The molecule has 0 unspecified atom stereocenters. The van der Waals surface area contributed by atoms with Crippen LogP contribution in [-0.2, 0) is 16.1 Å². The van der Waals surface area contributed by atoms with E-state index in [4.69, 9.17) is 5.73 Å². The summed E-state index contributed by atoms with van der Waals surface area (Å²) in [6.45, 7) is 2.24. The number of anilines is 1. The van der Waals surface area contributed by atoms with Crippen molar-refractivity contribution in [2.75, 3.05) is 17.3 Å². The Morgan fingerprint density at radius 1 is 1.35 bits per heavy atom. The Morgan fingerprint density at radius 2 is 2.00 bits per heavy atom. The molecule has 126 valence electrons. The largest absolute Gasteiger partial charge is 0.336 e. The van der Waals surface area contributed by atoms with Crippen LogP contribution in [-0.4, -0.2) is 40.8 Å². The van der Waals surface area contributed by atoms with Crippen molar-refractivity contribution in [3.8, 4) is 0 Å². The van der Waals surface area contributed by atoms with Gasteiger partial charge in [0, 0.05) is 25.2 Å². The van der Waals surface area contributed by atoms with Crippen LogP contribution >= 0.6 is 11.8 Å². The summed E-state index contributed by atoms with van der Waals surface area (Å²) in [7, 11) is 0. The lowest BCUT2D eigenvalue weighted by molar-refractivity contribution is -0.130. The average molecular weight is 335 g/mol. The highest BCUT2D eigenvalue weighted by molar-refractivity contribution is 7.98. The molecule has 6 heteroatoms. The molecule has 1 saturated carbocycles. The van der Waals surface area contributed by atoms with E-state index < -0.39 is 6.04 Å². The van der Waals surface area contributed by atoms with E-state index in [-0.39, 0.29) is 11.8 Å². The van der Waals surface area contributed by atoms with Gasteiger partial charge in [-0.05, 0) is 49.0 Å².